The van der Waals surface area contributed by atoms with E-state index in [1.54, 1.807) is 13.8 Å². The van der Waals surface area contributed by atoms with E-state index in [9.17, 15) is 14.7 Å². The predicted molar refractivity (Wildman–Crippen MR) is 66.5 cm³/mol. The number of carbonyl (C=O) groups is 3. The second kappa shape index (κ2) is 13.7. The molecule has 0 aliphatic rings. The summed E-state index contributed by atoms with van der Waals surface area (Å²) in [6.45, 7) is 14.6. The van der Waals surface area contributed by atoms with Gasteiger partial charge in [0.05, 0.1) is 18.5 Å². The first-order valence-electron chi connectivity index (χ1n) is 5.12. The van der Waals surface area contributed by atoms with Crippen molar-refractivity contribution in [2.45, 2.75) is 20.8 Å². The minimum absolute atomic E-state index is 0.0648. The monoisotopic (exact) mass is 270 g/mol. The molecule has 0 aromatic carbocycles. The second-order valence-electron chi connectivity index (χ2n) is 3.09. The second-order valence-corrected chi connectivity index (χ2v) is 3.09. The van der Waals surface area contributed by atoms with Crippen molar-refractivity contribution >= 4 is 17.9 Å². The van der Waals surface area contributed by atoms with Crippen LogP contribution in [0.5, 0.6) is 0 Å². The van der Waals surface area contributed by atoms with Gasteiger partial charge in [0, 0.05) is 5.57 Å². The molecule has 19 heavy (non-hydrogen) atoms. The van der Waals surface area contributed by atoms with Crippen molar-refractivity contribution < 1.29 is 29.3 Å². The molecule has 0 aromatic rings. The van der Waals surface area contributed by atoms with Gasteiger partial charge in [0.25, 0.3) is 0 Å². The van der Waals surface area contributed by atoms with Gasteiger partial charge in [-0.2, -0.15) is 0 Å². The van der Waals surface area contributed by atoms with Gasteiger partial charge in [-0.05, 0) is 32.4 Å². The zero-order valence-electron chi connectivity index (χ0n) is 11.4. The van der Waals surface area contributed by atoms with E-state index >= 15 is 0 Å². The summed E-state index contributed by atoms with van der Waals surface area (Å²) in [5, 5.41) is 18.6. The van der Waals surface area contributed by atoms with Crippen molar-refractivity contribution in [1.82, 2.24) is 0 Å². The molecule has 0 saturated carbocycles. The third-order valence-corrected chi connectivity index (χ3v) is 1.14. The minimum atomic E-state index is -1.23. The van der Waals surface area contributed by atoms with Crippen LogP contribution >= 0.6 is 0 Å². The third kappa shape index (κ3) is 25.7. The predicted octanol–water partition coefficient (Wildman–Crippen LogP) is -0.640. The Hall–Kier alpha value is -2.37. The maximum absolute atomic E-state index is 10.4. The lowest BCUT2D eigenvalue weighted by molar-refractivity contribution is -0.299. The van der Waals surface area contributed by atoms with Crippen LogP contribution in [0.4, 0.5) is 0 Å². The van der Waals surface area contributed by atoms with Crippen LogP contribution in [0.1, 0.15) is 20.8 Å². The Morgan fingerprint density at radius 2 is 1.42 bits per heavy atom. The zero-order valence-corrected chi connectivity index (χ0v) is 11.4. The fourth-order valence-electron chi connectivity index (χ4n) is 0.254. The summed E-state index contributed by atoms with van der Waals surface area (Å²) in [6, 6.07) is 0. The summed E-state index contributed by atoms with van der Waals surface area (Å²) in [5.41, 5.74) is 0.516. The van der Waals surface area contributed by atoms with Crippen LogP contribution < -0.4 is 10.2 Å². The molecule has 0 aliphatic heterocycles. The average Bonchev–Trinajstić information content (AvgIpc) is 2.30. The number of carboxylic acids is 2. The lowest BCUT2D eigenvalue weighted by atomic mass is 10.4. The van der Waals surface area contributed by atoms with Crippen molar-refractivity contribution in [2.75, 3.05) is 6.61 Å². The van der Waals surface area contributed by atoms with Crippen LogP contribution in [0.2, 0.25) is 0 Å². The molecule has 108 valence electrons. The fourth-order valence-corrected chi connectivity index (χ4v) is 0.254. The highest BCUT2D eigenvalue weighted by molar-refractivity contribution is 5.86. The van der Waals surface area contributed by atoms with Gasteiger partial charge < -0.3 is 24.5 Å². The van der Waals surface area contributed by atoms with E-state index in [4.69, 9.17) is 9.90 Å². The highest BCUT2D eigenvalue weighted by atomic mass is 16.5. The summed E-state index contributed by atoms with van der Waals surface area (Å²) in [4.78, 5) is 29.0. The molecule has 0 atom stereocenters. The molecule has 0 unspecified atom stereocenters. The van der Waals surface area contributed by atoms with Gasteiger partial charge in [-0.15, -0.1) is 0 Å². The summed E-state index contributed by atoms with van der Waals surface area (Å²) < 4.78 is 4.56. The summed E-state index contributed by atoms with van der Waals surface area (Å²) in [5.74, 6) is -2.73. The SMILES string of the molecule is C=C(C)C(=O)OCC.C=C(C)C(=O)[O-].C=CC(=O)[O-]. The lowest BCUT2D eigenvalue weighted by Crippen LogP contribution is -2.22. The third-order valence-electron chi connectivity index (χ3n) is 1.14. The Bertz CT molecular complexity index is 342. The van der Waals surface area contributed by atoms with Crippen molar-refractivity contribution in [2.24, 2.45) is 0 Å². The molecule has 0 radical (unpaired) electrons. The summed E-state index contributed by atoms with van der Waals surface area (Å²) in [7, 11) is 0. The maximum atomic E-state index is 10.4. The van der Waals surface area contributed by atoms with Crippen LogP contribution in [-0.4, -0.2) is 24.5 Å². The van der Waals surface area contributed by atoms with Crippen LogP contribution in [0.25, 0.3) is 0 Å². The smallest absolute Gasteiger partial charge is 0.333 e. The molecule has 6 heteroatoms. The van der Waals surface area contributed by atoms with Gasteiger partial charge in [-0.1, -0.05) is 19.7 Å². The summed E-state index contributed by atoms with van der Waals surface area (Å²) >= 11 is 0. The Balaban J connectivity index is -0.000000209. The molecule has 0 spiro atoms. The first kappa shape index (κ1) is 21.9. The molecule has 0 fully saturated rings. The van der Waals surface area contributed by atoms with E-state index in [1.807, 2.05) is 0 Å². The van der Waals surface area contributed by atoms with Crippen molar-refractivity contribution in [3.05, 3.63) is 37.0 Å². The molecular formula is C13H18O6-2. The number of hydrogen-bond donors (Lipinski definition) is 0. The Morgan fingerprint density at radius 3 is 1.47 bits per heavy atom. The van der Waals surface area contributed by atoms with Crippen molar-refractivity contribution in [3.63, 3.8) is 0 Å². The van der Waals surface area contributed by atoms with E-state index in [2.05, 4.69) is 24.5 Å². The first-order valence-corrected chi connectivity index (χ1v) is 5.12. The molecule has 6 nitrogen and oxygen atoms in total. The van der Waals surface area contributed by atoms with E-state index in [0.717, 1.165) is 6.08 Å². The van der Waals surface area contributed by atoms with Gasteiger partial charge >= 0.3 is 5.97 Å². The van der Waals surface area contributed by atoms with Crippen LogP contribution in [0.3, 0.4) is 0 Å². The number of esters is 1. The molecule has 0 bridgehead atoms. The number of carboxylic acid groups (broad SMARTS) is 2. The molecule has 0 aliphatic carbocycles. The Kier molecular flexibility index (Phi) is 15.8. The van der Waals surface area contributed by atoms with Gasteiger partial charge in [-0.25, -0.2) is 4.79 Å². The Morgan fingerprint density at radius 1 is 1.11 bits per heavy atom. The fraction of sp³-hybridized carbons (Fsp3) is 0.308. The molecule has 0 aromatic heterocycles. The van der Waals surface area contributed by atoms with Crippen LogP contribution in [0.15, 0.2) is 37.0 Å². The number of aliphatic carboxylic acids is 2. The topological polar surface area (TPSA) is 107 Å². The highest BCUT2D eigenvalue weighted by Crippen LogP contribution is 1.89. The normalized spacial score (nSPS) is 7.53. The van der Waals surface area contributed by atoms with E-state index < -0.39 is 11.9 Å². The van der Waals surface area contributed by atoms with Crippen LogP contribution in [0, 0.1) is 0 Å². The number of carbonyl (C=O) groups excluding carboxylic acids is 3. The van der Waals surface area contributed by atoms with Gasteiger partial charge in [0.15, 0.2) is 0 Å². The maximum Gasteiger partial charge on any atom is 0.333 e. The van der Waals surface area contributed by atoms with Gasteiger partial charge in [-0.3, -0.25) is 0 Å². The number of hydrogen-bond acceptors (Lipinski definition) is 6. The summed E-state index contributed by atoms with van der Waals surface area (Å²) in [6.07, 6.45) is 0.722. The minimum Gasteiger partial charge on any atom is -0.545 e. The number of rotatable bonds is 4. The largest absolute Gasteiger partial charge is 0.545 e. The number of ether oxygens (including phenoxy) is 1. The molecule has 0 N–H and O–H groups in total. The lowest BCUT2D eigenvalue weighted by Gasteiger charge is -1.96. The first-order chi connectivity index (χ1) is 8.59. The molecular weight excluding hydrogens is 252 g/mol. The standard InChI is InChI=1S/C6H10O2.C4H6O2.C3H4O2/c1-4-8-6(7)5(2)3;1-3(2)4(5)6;1-2-3(4)5/h2,4H2,1,3H3;1H2,2H3,(H,5,6);2H,1H2,(H,4,5)/p-2. The molecule has 0 amide bonds. The van der Waals surface area contributed by atoms with Crippen molar-refractivity contribution in [3.8, 4) is 0 Å². The Labute approximate surface area is 112 Å². The van der Waals surface area contributed by atoms with E-state index in [-0.39, 0.29) is 11.5 Å². The van der Waals surface area contributed by atoms with Gasteiger partial charge in [0.1, 0.15) is 0 Å². The van der Waals surface area contributed by atoms with E-state index in [0.29, 0.717) is 12.2 Å². The average molecular weight is 270 g/mol. The van der Waals surface area contributed by atoms with E-state index in [1.165, 1.54) is 6.92 Å². The van der Waals surface area contributed by atoms with Crippen LogP contribution in [-0.2, 0) is 19.1 Å². The van der Waals surface area contributed by atoms with Gasteiger partial charge in [0.2, 0.25) is 0 Å². The zero-order chi connectivity index (χ0) is 16.0. The molecule has 0 saturated heterocycles. The highest BCUT2D eigenvalue weighted by Gasteiger charge is 1.98. The van der Waals surface area contributed by atoms with Crippen molar-refractivity contribution in [1.29, 1.82) is 0 Å². The molecule has 0 heterocycles. The quantitative estimate of drug-likeness (QED) is 0.497. The molecule has 0 rings (SSSR count).